The summed E-state index contributed by atoms with van der Waals surface area (Å²) in [6.07, 6.45) is 0. The fraction of sp³-hybridized carbons (Fsp3) is 0.250. The van der Waals surface area contributed by atoms with Crippen molar-refractivity contribution in [3.05, 3.63) is 33.8 Å². The summed E-state index contributed by atoms with van der Waals surface area (Å²) in [7, 11) is 0. The molecule has 1 aromatic rings. The van der Waals surface area contributed by atoms with Gasteiger partial charge in [-0.05, 0) is 23.3 Å². The molecule has 0 atom stereocenters. The summed E-state index contributed by atoms with van der Waals surface area (Å²) >= 11 is 3.38. The molecule has 0 fully saturated rings. The van der Waals surface area contributed by atoms with Crippen molar-refractivity contribution >= 4 is 15.9 Å². The average molecular weight is 215 g/mol. The Morgan fingerprint density at radius 3 is 1.82 bits per heavy atom. The van der Waals surface area contributed by atoms with Crippen LogP contribution in [0.1, 0.15) is 11.1 Å². The zero-order valence-electron chi connectivity index (χ0n) is 6.18. The Morgan fingerprint density at radius 1 is 1.00 bits per heavy atom. The molecule has 0 saturated heterocycles. The van der Waals surface area contributed by atoms with E-state index in [9.17, 15) is 0 Å². The molecule has 0 aromatic heterocycles. The minimum atomic E-state index is 0.562. The van der Waals surface area contributed by atoms with Crippen LogP contribution >= 0.6 is 15.9 Å². The van der Waals surface area contributed by atoms with Crippen molar-refractivity contribution in [2.45, 2.75) is 13.1 Å². The maximum absolute atomic E-state index is 5.48. The van der Waals surface area contributed by atoms with Gasteiger partial charge in [0.2, 0.25) is 0 Å². The highest BCUT2D eigenvalue weighted by Crippen LogP contribution is 2.14. The van der Waals surface area contributed by atoms with E-state index in [0.29, 0.717) is 13.1 Å². The lowest BCUT2D eigenvalue weighted by atomic mass is 10.1. The highest BCUT2D eigenvalue weighted by atomic mass is 79.9. The van der Waals surface area contributed by atoms with Gasteiger partial charge in [0.25, 0.3) is 0 Å². The second kappa shape index (κ2) is 3.85. The minimum absolute atomic E-state index is 0.562. The van der Waals surface area contributed by atoms with E-state index in [1.807, 2.05) is 18.2 Å². The van der Waals surface area contributed by atoms with Gasteiger partial charge in [0.15, 0.2) is 0 Å². The molecule has 11 heavy (non-hydrogen) atoms. The highest BCUT2D eigenvalue weighted by molar-refractivity contribution is 9.10. The lowest BCUT2D eigenvalue weighted by molar-refractivity contribution is 1.02. The minimum Gasteiger partial charge on any atom is -0.326 e. The second-order valence-electron chi connectivity index (χ2n) is 2.38. The van der Waals surface area contributed by atoms with Gasteiger partial charge in [0, 0.05) is 17.6 Å². The first-order valence-electron chi connectivity index (χ1n) is 3.44. The number of hydrogen-bond donors (Lipinski definition) is 2. The standard InChI is InChI=1S/C8H11BrN2/c9-8-2-6(4-10)1-7(3-8)5-11/h1-3H,4-5,10-11H2. The van der Waals surface area contributed by atoms with E-state index < -0.39 is 0 Å². The molecule has 60 valence electrons. The summed E-state index contributed by atoms with van der Waals surface area (Å²) in [4.78, 5) is 0. The summed E-state index contributed by atoms with van der Waals surface area (Å²) in [5.41, 5.74) is 13.2. The Labute approximate surface area is 74.7 Å². The zero-order chi connectivity index (χ0) is 8.27. The van der Waals surface area contributed by atoms with Crippen LogP contribution in [0, 0.1) is 0 Å². The number of rotatable bonds is 2. The SMILES string of the molecule is NCc1cc(Br)cc(CN)c1. The molecular weight excluding hydrogens is 204 g/mol. The summed E-state index contributed by atoms with van der Waals surface area (Å²) < 4.78 is 1.04. The molecule has 4 N–H and O–H groups in total. The molecule has 0 bridgehead atoms. The molecule has 1 aromatic carbocycles. The first-order valence-corrected chi connectivity index (χ1v) is 4.24. The van der Waals surface area contributed by atoms with Gasteiger partial charge in [-0.1, -0.05) is 22.0 Å². The van der Waals surface area contributed by atoms with Gasteiger partial charge < -0.3 is 11.5 Å². The van der Waals surface area contributed by atoms with Gasteiger partial charge in [0.1, 0.15) is 0 Å². The van der Waals surface area contributed by atoms with Crippen molar-refractivity contribution in [1.29, 1.82) is 0 Å². The topological polar surface area (TPSA) is 52.0 Å². The molecule has 3 heteroatoms. The number of halogens is 1. The van der Waals surface area contributed by atoms with Gasteiger partial charge in [-0.15, -0.1) is 0 Å². The molecule has 2 nitrogen and oxygen atoms in total. The summed E-state index contributed by atoms with van der Waals surface area (Å²) in [5.74, 6) is 0. The normalized spacial score (nSPS) is 10.1. The maximum atomic E-state index is 5.48. The fourth-order valence-corrected chi connectivity index (χ4v) is 1.54. The Morgan fingerprint density at radius 2 is 1.45 bits per heavy atom. The van der Waals surface area contributed by atoms with Gasteiger partial charge in [-0.3, -0.25) is 0 Å². The third kappa shape index (κ3) is 2.29. The van der Waals surface area contributed by atoms with Crippen LogP contribution in [0.15, 0.2) is 22.7 Å². The molecule has 0 saturated carbocycles. The molecule has 0 heterocycles. The van der Waals surface area contributed by atoms with E-state index in [4.69, 9.17) is 11.5 Å². The van der Waals surface area contributed by atoms with Crippen molar-refractivity contribution in [2.24, 2.45) is 11.5 Å². The average Bonchev–Trinajstić information content (AvgIpc) is 2.03. The first-order chi connectivity index (χ1) is 5.26. The van der Waals surface area contributed by atoms with E-state index in [1.54, 1.807) is 0 Å². The summed E-state index contributed by atoms with van der Waals surface area (Å²) in [5, 5.41) is 0. The monoisotopic (exact) mass is 214 g/mol. The van der Waals surface area contributed by atoms with E-state index in [0.717, 1.165) is 15.6 Å². The van der Waals surface area contributed by atoms with Crippen molar-refractivity contribution in [3.63, 3.8) is 0 Å². The van der Waals surface area contributed by atoms with Gasteiger partial charge in [0.05, 0.1) is 0 Å². The van der Waals surface area contributed by atoms with Crippen LogP contribution in [0.2, 0.25) is 0 Å². The molecule has 0 radical (unpaired) electrons. The third-order valence-electron chi connectivity index (χ3n) is 1.49. The smallest absolute Gasteiger partial charge is 0.0181 e. The van der Waals surface area contributed by atoms with E-state index >= 15 is 0 Å². The van der Waals surface area contributed by atoms with Crippen molar-refractivity contribution in [2.75, 3.05) is 0 Å². The van der Waals surface area contributed by atoms with Crippen LogP contribution in [0.5, 0.6) is 0 Å². The molecule has 0 aliphatic heterocycles. The largest absolute Gasteiger partial charge is 0.326 e. The van der Waals surface area contributed by atoms with Crippen molar-refractivity contribution in [3.8, 4) is 0 Å². The molecular formula is C8H11BrN2. The van der Waals surface area contributed by atoms with Crippen LogP contribution < -0.4 is 11.5 Å². The number of benzene rings is 1. The predicted octanol–water partition coefficient (Wildman–Crippen LogP) is 1.37. The van der Waals surface area contributed by atoms with Crippen LogP contribution in [0.3, 0.4) is 0 Å². The molecule has 1 rings (SSSR count). The van der Waals surface area contributed by atoms with Crippen LogP contribution in [-0.4, -0.2) is 0 Å². The van der Waals surface area contributed by atoms with Gasteiger partial charge >= 0.3 is 0 Å². The van der Waals surface area contributed by atoms with Crippen LogP contribution in [-0.2, 0) is 13.1 Å². The lowest BCUT2D eigenvalue weighted by Gasteiger charge is -2.01. The van der Waals surface area contributed by atoms with Crippen molar-refractivity contribution in [1.82, 2.24) is 0 Å². The Kier molecular flexibility index (Phi) is 3.05. The van der Waals surface area contributed by atoms with E-state index in [-0.39, 0.29) is 0 Å². The highest BCUT2D eigenvalue weighted by Gasteiger charge is 1.95. The molecule has 0 unspecified atom stereocenters. The molecule has 0 aliphatic rings. The maximum Gasteiger partial charge on any atom is 0.0181 e. The lowest BCUT2D eigenvalue weighted by Crippen LogP contribution is -2.00. The molecule has 0 spiro atoms. The first kappa shape index (κ1) is 8.71. The summed E-state index contributed by atoms with van der Waals surface area (Å²) in [6, 6.07) is 6.02. The Hall–Kier alpha value is -0.380. The second-order valence-corrected chi connectivity index (χ2v) is 3.29. The molecule has 0 aliphatic carbocycles. The van der Waals surface area contributed by atoms with Gasteiger partial charge in [-0.25, -0.2) is 0 Å². The van der Waals surface area contributed by atoms with Crippen molar-refractivity contribution < 1.29 is 0 Å². The quantitative estimate of drug-likeness (QED) is 0.782. The fourth-order valence-electron chi connectivity index (χ4n) is 0.953. The Bertz CT molecular complexity index is 226. The number of nitrogens with two attached hydrogens (primary N) is 2. The van der Waals surface area contributed by atoms with Crippen LogP contribution in [0.4, 0.5) is 0 Å². The zero-order valence-corrected chi connectivity index (χ0v) is 7.76. The molecule has 0 amide bonds. The van der Waals surface area contributed by atoms with Gasteiger partial charge in [-0.2, -0.15) is 0 Å². The number of hydrogen-bond acceptors (Lipinski definition) is 2. The van der Waals surface area contributed by atoms with E-state index in [2.05, 4.69) is 15.9 Å². The Balaban J connectivity index is 3.02. The predicted molar refractivity (Wildman–Crippen MR) is 49.9 cm³/mol. The van der Waals surface area contributed by atoms with Crippen LogP contribution in [0.25, 0.3) is 0 Å². The third-order valence-corrected chi connectivity index (χ3v) is 1.95. The van der Waals surface area contributed by atoms with E-state index in [1.165, 1.54) is 0 Å². The summed E-state index contributed by atoms with van der Waals surface area (Å²) in [6.45, 7) is 1.12.